The predicted octanol–water partition coefficient (Wildman–Crippen LogP) is 2.54. The normalized spacial score (nSPS) is 12.5. The summed E-state index contributed by atoms with van der Waals surface area (Å²) in [5, 5.41) is 3.33. The Hall–Kier alpha value is -1.05. The van der Waals surface area contributed by atoms with Crippen LogP contribution in [-0.4, -0.2) is 11.5 Å². The molecule has 1 atom stereocenters. The van der Waals surface area contributed by atoms with Crippen LogP contribution in [0.4, 0.5) is 5.69 Å². The van der Waals surface area contributed by atoms with Gasteiger partial charge in [-0.25, -0.2) is 0 Å². The van der Waals surface area contributed by atoms with Crippen LogP contribution in [0.1, 0.15) is 20.3 Å². The van der Waals surface area contributed by atoms with Crippen molar-refractivity contribution in [2.75, 3.05) is 11.9 Å². The molecule has 0 saturated carbocycles. The van der Waals surface area contributed by atoms with Gasteiger partial charge in [-0.05, 0) is 18.1 Å². The second kappa shape index (κ2) is 4.75. The Morgan fingerprint density at radius 3 is 3.00 bits per heavy atom. The van der Waals surface area contributed by atoms with Crippen molar-refractivity contribution in [3.05, 3.63) is 24.5 Å². The number of hydrogen-bond donors (Lipinski definition) is 1. The van der Waals surface area contributed by atoms with E-state index in [9.17, 15) is 0 Å². The van der Waals surface area contributed by atoms with Gasteiger partial charge in [-0.1, -0.05) is 20.3 Å². The molecule has 0 saturated heterocycles. The lowest BCUT2D eigenvalue weighted by molar-refractivity contribution is 0.593. The van der Waals surface area contributed by atoms with Crippen LogP contribution in [0.25, 0.3) is 0 Å². The maximum Gasteiger partial charge on any atom is 0.0526 e. The van der Waals surface area contributed by atoms with E-state index in [2.05, 4.69) is 24.1 Å². The topological polar surface area (TPSA) is 24.9 Å². The highest BCUT2D eigenvalue weighted by Crippen LogP contribution is 2.05. The number of rotatable bonds is 4. The van der Waals surface area contributed by atoms with Crippen LogP contribution in [0.3, 0.4) is 0 Å². The van der Waals surface area contributed by atoms with Crippen molar-refractivity contribution in [2.45, 2.75) is 20.3 Å². The largest absolute Gasteiger partial charge is 0.384 e. The lowest BCUT2D eigenvalue weighted by Gasteiger charge is -2.10. The molecular formula is C10H16N2. The Labute approximate surface area is 74.0 Å². The van der Waals surface area contributed by atoms with Gasteiger partial charge in [0.15, 0.2) is 0 Å². The van der Waals surface area contributed by atoms with Gasteiger partial charge in [-0.2, -0.15) is 0 Å². The van der Waals surface area contributed by atoms with E-state index in [-0.39, 0.29) is 0 Å². The van der Waals surface area contributed by atoms with Crippen LogP contribution in [-0.2, 0) is 0 Å². The van der Waals surface area contributed by atoms with Crippen molar-refractivity contribution >= 4 is 5.69 Å². The van der Waals surface area contributed by atoms with Crippen LogP contribution in [0.5, 0.6) is 0 Å². The first-order valence-electron chi connectivity index (χ1n) is 4.46. The van der Waals surface area contributed by atoms with Crippen molar-refractivity contribution in [1.29, 1.82) is 0 Å². The van der Waals surface area contributed by atoms with Crippen LogP contribution in [0.2, 0.25) is 0 Å². The molecule has 0 spiro atoms. The van der Waals surface area contributed by atoms with E-state index in [1.807, 2.05) is 18.3 Å². The summed E-state index contributed by atoms with van der Waals surface area (Å²) in [6, 6.07) is 3.98. The number of pyridine rings is 1. The van der Waals surface area contributed by atoms with Crippen molar-refractivity contribution in [3.63, 3.8) is 0 Å². The molecule has 1 heterocycles. The maximum atomic E-state index is 4.03. The van der Waals surface area contributed by atoms with Gasteiger partial charge in [0.2, 0.25) is 0 Å². The minimum atomic E-state index is 0.727. The van der Waals surface area contributed by atoms with Crippen LogP contribution < -0.4 is 5.32 Å². The molecule has 0 fully saturated rings. The molecule has 0 radical (unpaired) electrons. The molecule has 0 aliphatic rings. The third-order valence-electron chi connectivity index (χ3n) is 2.01. The van der Waals surface area contributed by atoms with Gasteiger partial charge in [0.25, 0.3) is 0 Å². The second-order valence-electron chi connectivity index (χ2n) is 3.14. The zero-order valence-corrected chi connectivity index (χ0v) is 7.75. The van der Waals surface area contributed by atoms with Crippen molar-refractivity contribution in [1.82, 2.24) is 4.98 Å². The van der Waals surface area contributed by atoms with Crippen LogP contribution in [0, 0.1) is 5.92 Å². The van der Waals surface area contributed by atoms with Gasteiger partial charge in [-0.15, -0.1) is 0 Å². The summed E-state index contributed by atoms with van der Waals surface area (Å²) in [6.07, 6.45) is 4.85. The molecule has 0 aliphatic heterocycles. The zero-order chi connectivity index (χ0) is 8.81. The second-order valence-corrected chi connectivity index (χ2v) is 3.14. The Bertz CT molecular complexity index is 208. The number of anilines is 1. The molecule has 66 valence electrons. The summed E-state index contributed by atoms with van der Waals surface area (Å²) in [5.41, 5.74) is 1.11. The first-order chi connectivity index (χ1) is 5.83. The van der Waals surface area contributed by atoms with Crippen molar-refractivity contribution in [3.8, 4) is 0 Å². The molecule has 12 heavy (non-hydrogen) atoms. The van der Waals surface area contributed by atoms with E-state index >= 15 is 0 Å². The zero-order valence-electron chi connectivity index (χ0n) is 7.75. The van der Waals surface area contributed by atoms with Gasteiger partial charge in [-0.3, -0.25) is 4.98 Å². The van der Waals surface area contributed by atoms with Crippen LogP contribution >= 0.6 is 0 Å². The van der Waals surface area contributed by atoms with Gasteiger partial charge in [0.1, 0.15) is 0 Å². The summed E-state index contributed by atoms with van der Waals surface area (Å²) in [7, 11) is 0. The van der Waals surface area contributed by atoms with E-state index in [0.717, 1.165) is 18.2 Å². The minimum absolute atomic E-state index is 0.727. The molecule has 1 aromatic rings. The summed E-state index contributed by atoms with van der Waals surface area (Å²) in [5.74, 6) is 0.727. The molecule has 1 rings (SSSR count). The minimum Gasteiger partial charge on any atom is -0.384 e. The van der Waals surface area contributed by atoms with E-state index in [4.69, 9.17) is 0 Å². The van der Waals surface area contributed by atoms with Crippen molar-refractivity contribution < 1.29 is 0 Å². The highest BCUT2D eigenvalue weighted by atomic mass is 14.9. The number of hydrogen-bond acceptors (Lipinski definition) is 2. The molecule has 2 nitrogen and oxygen atoms in total. The Balaban J connectivity index is 2.33. The van der Waals surface area contributed by atoms with E-state index in [1.165, 1.54) is 6.42 Å². The fourth-order valence-corrected chi connectivity index (χ4v) is 0.904. The molecule has 0 aliphatic carbocycles. The molecule has 1 aromatic heterocycles. The first-order valence-corrected chi connectivity index (χ1v) is 4.46. The monoisotopic (exact) mass is 164 g/mol. The van der Waals surface area contributed by atoms with E-state index in [1.54, 1.807) is 6.20 Å². The molecule has 1 N–H and O–H groups in total. The number of nitrogens with zero attached hydrogens (tertiary/aromatic N) is 1. The van der Waals surface area contributed by atoms with Gasteiger partial charge >= 0.3 is 0 Å². The quantitative estimate of drug-likeness (QED) is 0.739. The standard InChI is InChI=1S/C10H16N2/c1-3-9(2)7-12-10-5-4-6-11-8-10/h4-6,8-9,12H,3,7H2,1-2H3/t9-/m1/s1. The first kappa shape index (κ1) is 9.04. The number of aromatic nitrogens is 1. The van der Waals surface area contributed by atoms with Crippen LogP contribution in [0.15, 0.2) is 24.5 Å². The lowest BCUT2D eigenvalue weighted by Crippen LogP contribution is -2.10. The molecule has 0 amide bonds. The summed E-state index contributed by atoms with van der Waals surface area (Å²) >= 11 is 0. The fraction of sp³-hybridized carbons (Fsp3) is 0.500. The van der Waals surface area contributed by atoms with Gasteiger partial charge in [0, 0.05) is 18.9 Å². The Morgan fingerprint density at radius 2 is 2.42 bits per heavy atom. The molecule has 0 bridgehead atoms. The highest BCUT2D eigenvalue weighted by Gasteiger charge is 1.97. The number of nitrogens with one attached hydrogen (secondary N) is 1. The predicted molar refractivity (Wildman–Crippen MR) is 52.2 cm³/mol. The molecule has 0 unspecified atom stereocenters. The average molecular weight is 164 g/mol. The summed E-state index contributed by atoms with van der Waals surface area (Å²) < 4.78 is 0. The summed E-state index contributed by atoms with van der Waals surface area (Å²) in [4.78, 5) is 4.03. The van der Waals surface area contributed by atoms with Gasteiger partial charge in [0.05, 0.1) is 5.69 Å². The smallest absolute Gasteiger partial charge is 0.0526 e. The van der Waals surface area contributed by atoms with Crippen molar-refractivity contribution in [2.24, 2.45) is 5.92 Å². The molecule has 2 heteroatoms. The highest BCUT2D eigenvalue weighted by molar-refractivity contribution is 5.39. The fourth-order valence-electron chi connectivity index (χ4n) is 0.904. The lowest BCUT2D eigenvalue weighted by atomic mass is 10.1. The summed E-state index contributed by atoms with van der Waals surface area (Å²) in [6.45, 7) is 5.47. The third-order valence-corrected chi connectivity index (χ3v) is 2.01. The SMILES string of the molecule is CC[C@@H](C)CNc1cccnc1. The van der Waals surface area contributed by atoms with Gasteiger partial charge < -0.3 is 5.32 Å². The van der Waals surface area contributed by atoms with E-state index in [0.29, 0.717) is 0 Å². The molecule has 0 aromatic carbocycles. The maximum absolute atomic E-state index is 4.03. The molecular weight excluding hydrogens is 148 g/mol. The average Bonchev–Trinajstić information content (AvgIpc) is 2.16. The van der Waals surface area contributed by atoms with E-state index < -0.39 is 0 Å². The third kappa shape index (κ3) is 2.91. The Morgan fingerprint density at radius 1 is 1.58 bits per heavy atom. The Kier molecular flexibility index (Phi) is 3.58.